The summed E-state index contributed by atoms with van der Waals surface area (Å²) < 4.78 is 19.0. The van der Waals surface area contributed by atoms with E-state index in [9.17, 15) is 4.39 Å². The maximum absolute atomic E-state index is 13.7. The summed E-state index contributed by atoms with van der Waals surface area (Å²) in [5.41, 5.74) is 1.09. The van der Waals surface area contributed by atoms with Crippen molar-refractivity contribution in [2.45, 2.75) is 25.4 Å². The predicted octanol–water partition coefficient (Wildman–Crippen LogP) is 2.31. The van der Waals surface area contributed by atoms with Crippen LogP contribution in [-0.2, 0) is 11.3 Å². The molecule has 0 aliphatic carbocycles. The van der Waals surface area contributed by atoms with Crippen LogP contribution in [0.5, 0.6) is 0 Å². The zero-order valence-corrected chi connectivity index (χ0v) is 10.5. The second-order valence-corrected chi connectivity index (χ2v) is 4.68. The van der Waals surface area contributed by atoms with Crippen LogP contribution in [0.2, 0.25) is 0 Å². The number of hydrogen-bond donors (Lipinski definition) is 0. The van der Waals surface area contributed by atoms with E-state index in [0.29, 0.717) is 23.7 Å². The lowest BCUT2D eigenvalue weighted by atomic mass is 10.1. The van der Waals surface area contributed by atoms with Crippen LogP contribution in [0.4, 0.5) is 4.39 Å². The molecule has 2 rings (SSSR count). The van der Waals surface area contributed by atoms with Gasteiger partial charge in [-0.3, -0.25) is 4.90 Å². The van der Waals surface area contributed by atoms with Crippen molar-refractivity contribution in [3.05, 3.63) is 35.1 Å². The normalized spacial score (nSPS) is 16.8. The molecule has 1 aromatic carbocycles. The number of nitrogens with zero attached hydrogens (tertiary/aromatic N) is 2. The van der Waals surface area contributed by atoms with Crippen LogP contribution in [0, 0.1) is 17.1 Å². The van der Waals surface area contributed by atoms with Crippen molar-refractivity contribution in [2.24, 2.45) is 0 Å². The molecule has 0 amide bonds. The third-order valence-electron chi connectivity index (χ3n) is 3.41. The monoisotopic (exact) mass is 248 g/mol. The third kappa shape index (κ3) is 3.06. The Morgan fingerprint density at radius 3 is 2.83 bits per heavy atom. The van der Waals surface area contributed by atoms with Gasteiger partial charge in [-0.1, -0.05) is 0 Å². The van der Waals surface area contributed by atoms with Crippen LogP contribution in [0.3, 0.4) is 0 Å². The molecule has 0 atom stereocenters. The summed E-state index contributed by atoms with van der Waals surface area (Å²) in [4.78, 5) is 2.14. The van der Waals surface area contributed by atoms with Gasteiger partial charge in [0.15, 0.2) is 0 Å². The van der Waals surface area contributed by atoms with Gasteiger partial charge >= 0.3 is 0 Å². The van der Waals surface area contributed by atoms with E-state index in [2.05, 4.69) is 4.90 Å². The molecule has 96 valence electrons. The molecule has 0 N–H and O–H groups in total. The van der Waals surface area contributed by atoms with Crippen LogP contribution >= 0.6 is 0 Å². The molecular formula is C14H17FN2O. The Labute approximate surface area is 107 Å². The predicted molar refractivity (Wildman–Crippen MR) is 66.4 cm³/mol. The molecule has 3 nitrogen and oxygen atoms in total. The lowest BCUT2D eigenvalue weighted by molar-refractivity contribution is 0.0404. The standard InChI is InChI=1S/C14H17FN2O/c1-17(13-4-6-18-7-5-13)10-12-8-11(9-16)2-3-14(12)15/h2-3,8,13H,4-7,10H2,1H3. The van der Waals surface area contributed by atoms with Gasteiger partial charge in [-0.15, -0.1) is 0 Å². The largest absolute Gasteiger partial charge is 0.381 e. The Morgan fingerprint density at radius 2 is 2.17 bits per heavy atom. The topological polar surface area (TPSA) is 36.3 Å². The molecule has 0 saturated carbocycles. The highest BCUT2D eigenvalue weighted by Gasteiger charge is 2.19. The number of rotatable bonds is 3. The third-order valence-corrected chi connectivity index (χ3v) is 3.41. The zero-order valence-electron chi connectivity index (χ0n) is 10.5. The molecule has 1 aliphatic heterocycles. The summed E-state index contributed by atoms with van der Waals surface area (Å²) in [5, 5.41) is 8.83. The molecule has 1 aliphatic rings. The quantitative estimate of drug-likeness (QED) is 0.823. The smallest absolute Gasteiger partial charge is 0.127 e. The molecular weight excluding hydrogens is 231 g/mol. The lowest BCUT2D eigenvalue weighted by Gasteiger charge is -2.31. The Hall–Kier alpha value is -1.44. The van der Waals surface area contributed by atoms with E-state index in [1.165, 1.54) is 12.1 Å². The summed E-state index contributed by atoms with van der Waals surface area (Å²) >= 11 is 0. The second kappa shape index (κ2) is 5.94. The van der Waals surface area contributed by atoms with Crippen molar-refractivity contribution in [3.63, 3.8) is 0 Å². The molecule has 0 unspecified atom stereocenters. The van der Waals surface area contributed by atoms with Crippen LogP contribution in [-0.4, -0.2) is 31.2 Å². The molecule has 0 spiro atoms. The minimum atomic E-state index is -0.243. The molecule has 4 heteroatoms. The molecule has 1 heterocycles. The number of ether oxygens (including phenoxy) is 1. The highest BCUT2D eigenvalue weighted by atomic mass is 19.1. The first-order chi connectivity index (χ1) is 8.70. The van der Waals surface area contributed by atoms with Gasteiger partial charge in [0, 0.05) is 31.4 Å². The first-order valence-electron chi connectivity index (χ1n) is 6.17. The Balaban J connectivity index is 2.06. The fourth-order valence-corrected chi connectivity index (χ4v) is 2.29. The first-order valence-corrected chi connectivity index (χ1v) is 6.17. The molecule has 0 aromatic heterocycles. The molecule has 1 saturated heterocycles. The second-order valence-electron chi connectivity index (χ2n) is 4.68. The Kier molecular flexibility index (Phi) is 4.29. The van der Waals surface area contributed by atoms with E-state index in [1.807, 2.05) is 13.1 Å². The summed E-state index contributed by atoms with van der Waals surface area (Å²) in [6.07, 6.45) is 1.96. The van der Waals surface area contributed by atoms with E-state index in [0.717, 1.165) is 26.1 Å². The average Bonchev–Trinajstić information content (AvgIpc) is 2.42. The molecule has 0 radical (unpaired) electrons. The number of halogens is 1. The summed E-state index contributed by atoms with van der Waals surface area (Å²) in [5.74, 6) is -0.243. The van der Waals surface area contributed by atoms with Crippen molar-refractivity contribution < 1.29 is 9.13 Å². The van der Waals surface area contributed by atoms with Crippen molar-refractivity contribution in [2.75, 3.05) is 20.3 Å². The van der Waals surface area contributed by atoms with Gasteiger partial charge in [-0.05, 0) is 38.1 Å². The minimum absolute atomic E-state index is 0.243. The number of hydrogen-bond acceptors (Lipinski definition) is 3. The highest BCUT2D eigenvalue weighted by molar-refractivity contribution is 5.33. The first kappa shape index (κ1) is 13.0. The van der Waals surface area contributed by atoms with Gasteiger partial charge in [-0.2, -0.15) is 5.26 Å². The van der Waals surface area contributed by atoms with Crippen LogP contribution in [0.1, 0.15) is 24.0 Å². The minimum Gasteiger partial charge on any atom is -0.381 e. The van der Waals surface area contributed by atoms with E-state index in [4.69, 9.17) is 10.00 Å². The summed E-state index contributed by atoms with van der Waals surface area (Å²) in [6.45, 7) is 2.08. The van der Waals surface area contributed by atoms with Crippen molar-refractivity contribution in [1.82, 2.24) is 4.90 Å². The van der Waals surface area contributed by atoms with Crippen LogP contribution in [0.25, 0.3) is 0 Å². The number of nitriles is 1. The van der Waals surface area contributed by atoms with Gasteiger partial charge in [0.1, 0.15) is 5.82 Å². The lowest BCUT2D eigenvalue weighted by Crippen LogP contribution is -2.36. The molecule has 0 bridgehead atoms. The van der Waals surface area contributed by atoms with E-state index in [1.54, 1.807) is 6.07 Å². The van der Waals surface area contributed by atoms with E-state index >= 15 is 0 Å². The van der Waals surface area contributed by atoms with E-state index in [-0.39, 0.29) is 5.82 Å². The SMILES string of the molecule is CN(Cc1cc(C#N)ccc1F)C1CCOCC1. The summed E-state index contributed by atoms with van der Waals surface area (Å²) in [6, 6.07) is 6.98. The highest BCUT2D eigenvalue weighted by Crippen LogP contribution is 2.18. The van der Waals surface area contributed by atoms with Gasteiger partial charge < -0.3 is 4.74 Å². The fraction of sp³-hybridized carbons (Fsp3) is 0.500. The Morgan fingerprint density at radius 1 is 1.44 bits per heavy atom. The Bertz CT molecular complexity index is 450. The van der Waals surface area contributed by atoms with Gasteiger partial charge in [0.25, 0.3) is 0 Å². The summed E-state index contributed by atoms with van der Waals surface area (Å²) in [7, 11) is 1.99. The van der Waals surface area contributed by atoms with Crippen molar-refractivity contribution >= 4 is 0 Å². The molecule has 18 heavy (non-hydrogen) atoms. The van der Waals surface area contributed by atoms with Gasteiger partial charge in [0.2, 0.25) is 0 Å². The molecule has 1 fully saturated rings. The van der Waals surface area contributed by atoms with Crippen LogP contribution in [0.15, 0.2) is 18.2 Å². The average molecular weight is 248 g/mol. The number of benzene rings is 1. The van der Waals surface area contributed by atoms with Crippen molar-refractivity contribution in [3.8, 4) is 6.07 Å². The van der Waals surface area contributed by atoms with Gasteiger partial charge in [-0.25, -0.2) is 4.39 Å². The zero-order chi connectivity index (χ0) is 13.0. The van der Waals surface area contributed by atoms with Crippen LogP contribution < -0.4 is 0 Å². The van der Waals surface area contributed by atoms with Crippen molar-refractivity contribution in [1.29, 1.82) is 5.26 Å². The maximum atomic E-state index is 13.7. The maximum Gasteiger partial charge on any atom is 0.127 e. The molecule has 1 aromatic rings. The van der Waals surface area contributed by atoms with E-state index < -0.39 is 0 Å². The fourth-order valence-electron chi connectivity index (χ4n) is 2.29. The van der Waals surface area contributed by atoms with Gasteiger partial charge in [0.05, 0.1) is 11.6 Å².